The summed E-state index contributed by atoms with van der Waals surface area (Å²) in [7, 11) is 0.829. The van der Waals surface area contributed by atoms with Crippen LogP contribution < -0.4 is 9.47 Å². The van der Waals surface area contributed by atoms with Crippen LogP contribution in [0.15, 0.2) is 61.2 Å². The normalized spacial score (nSPS) is 15.0. The molecule has 2 aliphatic rings. The monoisotopic (exact) mass is 874 g/mol. The van der Waals surface area contributed by atoms with E-state index in [2.05, 4.69) is 49.3 Å². The molecule has 2 saturated carbocycles. The number of methoxy groups -OCH3 is 1. The van der Waals surface area contributed by atoms with Gasteiger partial charge in [-0.1, -0.05) is 0 Å². The summed E-state index contributed by atoms with van der Waals surface area (Å²) in [4.78, 5) is 8.38. The highest BCUT2D eigenvalue weighted by Crippen LogP contribution is 2.36. The van der Waals surface area contributed by atoms with Crippen molar-refractivity contribution < 1.29 is 72.3 Å². The van der Waals surface area contributed by atoms with Crippen molar-refractivity contribution in [2.45, 2.75) is 83.0 Å². The number of ether oxygens (including phenoxy) is 6. The Kier molecular flexibility index (Phi) is 12.1. The molecule has 4 heterocycles. The standard InChI is InChI=1S/C19H17F5N4O3.C18H15F5N4O3/c1-2-30-18(20,21)17-27-26-16-8-25-15(9-28(16)17)14-6-5-13(31-19(22,23)24)7-11(14)10-29-12-3-4-12;1-28-17(19,20)16-26-25-15-7-24-14(8-27(15)16)13-5-4-12(30-18(21,22)23)6-10(13)9-29-11-2-3-11/h5-9,12H,2-4,10H2,1H3;4-8,11H,2-3,9H2,1H3. The quantitative estimate of drug-likeness (QED) is 0.0914. The minimum Gasteiger partial charge on any atom is -0.406 e. The number of nitrogens with zero attached hydrogens (tertiary/aromatic N) is 8. The van der Waals surface area contributed by atoms with Crippen molar-refractivity contribution in [2.24, 2.45) is 0 Å². The third-order valence-corrected chi connectivity index (χ3v) is 8.86. The molecular weight excluding hydrogens is 842 g/mol. The van der Waals surface area contributed by atoms with Crippen LogP contribution in [0.3, 0.4) is 0 Å². The fourth-order valence-electron chi connectivity index (χ4n) is 5.77. The summed E-state index contributed by atoms with van der Waals surface area (Å²) in [6, 6.07) is 7.35. The number of hydrogen-bond acceptors (Lipinski definition) is 12. The van der Waals surface area contributed by atoms with Gasteiger partial charge in [-0.2, -0.15) is 17.6 Å². The Balaban J connectivity index is 0.000000184. The van der Waals surface area contributed by atoms with Crippen molar-refractivity contribution in [3.05, 3.63) is 84.0 Å². The molecule has 0 bridgehead atoms. The predicted octanol–water partition coefficient (Wildman–Crippen LogP) is 8.52. The largest absolute Gasteiger partial charge is 0.573 e. The highest BCUT2D eigenvalue weighted by molar-refractivity contribution is 5.66. The smallest absolute Gasteiger partial charge is 0.406 e. The second-order valence-corrected chi connectivity index (χ2v) is 13.5. The van der Waals surface area contributed by atoms with Crippen molar-refractivity contribution in [3.63, 3.8) is 0 Å². The first-order valence-electron chi connectivity index (χ1n) is 18.2. The number of benzene rings is 2. The van der Waals surface area contributed by atoms with E-state index < -0.39 is 48.1 Å². The van der Waals surface area contributed by atoms with Gasteiger partial charge in [-0.25, -0.2) is 0 Å². The molecule has 0 N–H and O–H groups in total. The van der Waals surface area contributed by atoms with Gasteiger partial charge in [0, 0.05) is 30.6 Å². The van der Waals surface area contributed by atoms with Crippen LogP contribution in [0.4, 0.5) is 43.9 Å². The van der Waals surface area contributed by atoms with E-state index in [4.69, 9.17) is 9.47 Å². The van der Waals surface area contributed by atoms with Crippen LogP contribution in [0.1, 0.15) is 55.4 Å². The molecule has 0 unspecified atom stereocenters. The minimum atomic E-state index is -4.85. The number of fused-ring (bicyclic) bond motifs is 2. The molecule has 24 heteroatoms. The molecule has 0 atom stereocenters. The molecule has 0 radical (unpaired) electrons. The SMILES string of the molecule is CCOC(F)(F)c1nnc2cnc(-c3ccc(OC(F)(F)F)cc3COC3CC3)cn12.COC(F)(F)c1nnc2cnc(-c3ccc(OC(F)(F)F)cc3COC3CC3)cn12. The lowest BCUT2D eigenvalue weighted by Gasteiger charge is -2.15. The molecule has 0 aliphatic heterocycles. The van der Waals surface area contributed by atoms with Gasteiger partial charge in [0.05, 0.1) is 55.8 Å². The maximum absolute atomic E-state index is 14.3. The molecule has 0 amide bonds. The highest BCUT2D eigenvalue weighted by Gasteiger charge is 2.39. The Morgan fingerprint density at radius 3 is 1.41 bits per heavy atom. The van der Waals surface area contributed by atoms with E-state index in [9.17, 15) is 43.9 Å². The summed E-state index contributed by atoms with van der Waals surface area (Å²) in [5.74, 6) is -2.32. The molecule has 14 nitrogen and oxygen atoms in total. The highest BCUT2D eigenvalue weighted by atomic mass is 19.4. The first-order chi connectivity index (χ1) is 28.8. The second kappa shape index (κ2) is 17.0. The van der Waals surface area contributed by atoms with Crippen LogP contribution in [0, 0.1) is 0 Å². The summed E-state index contributed by atoms with van der Waals surface area (Å²) < 4.78 is 162. The lowest BCUT2D eigenvalue weighted by Crippen LogP contribution is -2.21. The molecule has 2 fully saturated rings. The lowest BCUT2D eigenvalue weighted by atomic mass is 10.0. The first kappa shape index (κ1) is 43.4. The van der Waals surface area contributed by atoms with E-state index in [1.807, 2.05) is 0 Å². The van der Waals surface area contributed by atoms with Crippen molar-refractivity contribution in [3.8, 4) is 34.0 Å². The van der Waals surface area contributed by atoms with E-state index >= 15 is 0 Å². The summed E-state index contributed by atoms with van der Waals surface area (Å²) in [5, 5.41) is 14.2. The third kappa shape index (κ3) is 10.8. The minimum absolute atomic E-state index is 0.0119. The summed E-state index contributed by atoms with van der Waals surface area (Å²) in [5.41, 5.74) is 2.07. The molecule has 61 heavy (non-hydrogen) atoms. The number of halogens is 10. The number of alkyl halides is 10. The van der Waals surface area contributed by atoms with E-state index in [1.54, 1.807) is 0 Å². The van der Waals surface area contributed by atoms with Gasteiger partial charge >= 0.3 is 24.9 Å². The topological polar surface area (TPSA) is 142 Å². The van der Waals surface area contributed by atoms with Crippen LogP contribution >= 0.6 is 0 Å². The van der Waals surface area contributed by atoms with Gasteiger partial charge in [-0.3, -0.25) is 18.8 Å². The van der Waals surface area contributed by atoms with Crippen LogP contribution in [0.25, 0.3) is 33.8 Å². The van der Waals surface area contributed by atoms with Gasteiger partial charge in [0.15, 0.2) is 11.3 Å². The van der Waals surface area contributed by atoms with Gasteiger partial charge in [0.25, 0.3) is 0 Å². The molecule has 0 spiro atoms. The van der Waals surface area contributed by atoms with Gasteiger partial charge in [0.2, 0.25) is 11.6 Å². The summed E-state index contributed by atoms with van der Waals surface area (Å²) in [6.07, 6.45) is -8.51. The first-order valence-corrected chi connectivity index (χ1v) is 18.2. The summed E-state index contributed by atoms with van der Waals surface area (Å²) >= 11 is 0. The maximum atomic E-state index is 14.3. The molecule has 4 aromatic heterocycles. The van der Waals surface area contributed by atoms with Crippen molar-refractivity contribution >= 4 is 11.3 Å². The van der Waals surface area contributed by atoms with Crippen molar-refractivity contribution in [1.82, 2.24) is 39.2 Å². The van der Waals surface area contributed by atoms with Gasteiger partial charge in [-0.05, 0) is 80.1 Å². The average Bonchev–Trinajstić information content (AvgIpc) is 4.12. The molecule has 8 rings (SSSR count). The van der Waals surface area contributed by atoms with Crippen molar-refractivity contribution in [2.75, 3.05) is 13.7 Å². The number of rotatable bonds is 15. The van der Waals surface area contributed by atoms with Gasteiger partial charge < -0.3 is 28.4 Å². The van der Waals surface area contributed by atoms with E-state index in [0.717, 1.165) is 53.7 Å². The fraction of sp³-hybridized carbons (Fsp3) is 0.405. The van der Waals surface area contributed by atoms with E-state index in [-0.39, 0.29) is 54.7 Å². The summed E-state index contributed by atoms with van der Waals surface area (Å²) in [6.45, 7) is 1.20. The Bertz CT molecular complexity index is 2490. The molecular formula is C37H32F10N8O6. The maximum Gasteiger partial charge on any atom is 0.573 e. The van der Waals surface area contributed by atoms with Crippen molar-refractivity contribution in [1.29, 1.82) is 0 Å². The van der Waals surface area contributed by atoms with Gasteiger partial charge in [-0.15, -0.1) is 46.7 Å². The molecule has 0 saturated heterocycles. The Morgan fingerprint density at radius 2 is 1.03 bits per heavy atom. The molecule has 2 aromatic carbocycles. The zero-order chi connectivity index (χ0) is 43.7. The van der Waals surface area contributed by atoms with Crippen LogP contribution in [0.2, 0.25) is 0 Å². The lowest BCUT2D eigenvalue weighted by molar-refractivity contribution is -0.275. The average molecular weight is 875 g/mol. The van der Waals surface area contributed by atoms with Gasteiger partial charge in [0.1, 0.15) is 11.5 Å². The number of hydrogen-bond donors (Lipinski definition) is 0. The van der Waals surface area contributed by atoms with Crippen LogP contribution in [-0.4, -0.2) is 77.8 Å². The molecule has 326 valence electrons. The Labute approximate surface area is 337 Å². The molecule has 6 aromatic rings. The van der Waals surface area contributed by atoms with Crippen LogP contribution in [0.5, 0.6) is 11.5 Å². The second-order valence-electron chi connectivity index (χ2n) is 13.5. The Morgan fingerprint density at radius 1 is 0.607 bits per heavy atom. The van der Waals surface area contributed by atoms with E-state index in [0.29, 0.717) is 22.3 Å². The number of aromatic nitrogens is 8. The van der Waals surface area contributed by atoms with E-state index in [1.165, 1.54) is 56.0 Å². The molecule has 2 aliphatic carbocycles. The van der Waals surface area contributed by atoms with Crippen LogP contribution in [-0.2, 0) is 44.4 Å². The predicted molar refractivity (Wildman–Crippen MR) is 188 cm³/mol. The zero-order valence-corrected chi connectivity index (χ0v) is 31.7. The third-order valence-electron chi connectivity index (χ3n) is 8.86. The fourth-order valence-corrected chi connectivity index (χ4v) is 5.77. The Hall–Kier alpha value is -5.72. The zero-order valence-electron chi connectivity index (χ0n) is 31.7.